The Morgan fingerprint density at radius 2 is 2.39 bits per heavy atom. The maximum atomic E-state index is 10.7. The summed E-state index contributed by atoms with van der Waals surface area (Å²) in [6.07, 6.45) is 3.83. The van der Waals surface area contributed by atoms with E-state index >= 15 is 0 Å². The Labute approximate surface area is 114 Å². The van der Waals surface area contributed by atoms with Crippen molar-refractivity contribution in [3.05, 3.63) is 23.2 Å². The first kappa shape index (κ1) is 12.9. The Morgan fingerprint density at radius 1 is 1.56 bits per heavy atom. The number of hydrogen-bond acceptors (Lipinski definition) is 4. The fourth-order valence-corrected chi connectivity index (χ4v) is 2.09. The minimum atomic E-state index is 0.114. The molecular formula is C12H10ClN3OS. The molecule has 0 radical (unpaired) electrons. The SMILES string of the molecule is CC(=O)SCCC#Cc1c[nH]c2c(Cl)ncnc12. The van der Waals surface area contributed by atoms with Crippen LogP contribution in [-0.4, -0.2) is 25.8 Å². The second-order valence-corrected chi connectivity index (χ2v) is 5.11. The summed E-state index contributed by atoms with van der Waals surface area (Å²) < 4.78 is 0. The van der Waals surface area contributed by atoms with Gasteiger partial charge in [-0.2, -0.15) is 0 Å². The van der Waals surface area contributed by atoms with Gasteiger partial charge in [0.15, 0.2) is 10.3 Å². The van der Waals surface area contributed by atoms with Gasteiger partial charge in [0, 0.05) is 25.3 Å². The third kappa shape index (κ3) is 3.03. The first-order valence-electron chi connectivity index (χ1n) is 5.28. The Hall–Kier alpha value is -1.51. The van der Waals surface area contributed by atoms with E-state index in [1.165, 1.54) is 18.1 Å². The molecule has 0 saturated carbocycles. The molecule has 0 amide bonds. The number of hydrogen-bond donors (Lipinski definition) is 1. The van der Waals surface area contributed by atoms with Gasteiger partial charge in [-0.1, -0.05) is 35.2 Å². The normalized spacial score (nSPS) is 10.1. The predicted octanol–water partition coefficient (Wildman–Crippen LogP) is 2.63. The topological polar surface area (TPSA) is 58.6 Å². The molecule has 0 aromatic carbocycles. The standard InChI is InChI=1S/C12H10ClN3OS/c1-8(17)18-5-3-2-4-9-6-14-11-10(9)15-7-16-12(11)13/h6-7,14H,3,5H2,1H3. The van der Waals surface area contributed by atoms with Crippen LogP contribution in [0.15, 0.2) is 12.5 Å². The third-order valence-electron chi connectivity index (χ3n) is 2.17. The summed E-state index contributed by atoms with van der Waals surface area (Å²) in [5.74, 6) is 6.73. The zero-order valence-electron chi connectivity index (χ0n) is 9.66. The molecule has 0 saturated heterocycles. The lowest BCUT2D eigenvalue weighted by Gasteiger charge is -1.91. The number of halogens is 1. The quantitative estimate of drug-likeness (QED) is 0.522. The lowest BCUT2D eigenvalue weighted by Crippen LogP contribution is -1.84. The molecule has 0 fully saturated rings. The van der Waals surface area contributed by atoms with E-state index in [4.69, 9.17) is 11.6 Å². The molecule has 92 valence electrons. The Kier molecular flexibility index (Phi) is 4.24. The molecule has 0 aliphatic rings. The van der Waals surface area contributed by atoms with Crippen molar-refractivity contribution >= 4 is 39.5 Å². The molecule has 0 atom stereocenters. The molecule has 2 aromatic rings. The van der Waals surface area contributed by atoms with Gasteiger partial charge in [0.25, 0.3) is 0 Å². The monoisotopic (exact) mass is 279 g/mol. The average molecular weight is 280 g/mol. The van der Waals surface area contributed by atoms with Crippen LogP contribution in [0.25, 0.3) is 11.0 Å². The lowest BCUT2D eigenvalue weighted by molar-refractivity contribution is -0.109. The van der Waals surface area contributed by atoms with Gasteiger partial charge in [0.1, 0.15) is 17.4 Å². The largest absolute Gasteiger partial charge is 0.356 e. The van der Waals surface area contributed by atoms with Crippen molar-refractivity contribution in [2.24, 2.45) is 0 Å². The highest BCUT2D eigenvalue weighted by atomic mass is 35.5. The minimum Gasteiger partial charge on any atom is -0.356 e. The minimum absolute atomic E-state index is 0.114. The highest BCUT2D eigenvalue weighted by Crippen LogP contribution is 2.20. The number of nitrogens with one attached hydrogen (secondary N) is 1. The summed E-state index contributed by atoms with van der Waals surface area (Å²) in [7, 11) is 0. The van der Waals surface area contributed by atoms with Crippen LogP contribution < -0.4 is 0 Å². The molecule has 6 heteroatoms. The zero-order valence-corrected chi connectivity index (χ0v) is 11.2. The van der Waals surface area contributed by atoms with Crippen LogP contribution in [0.2, 0.25) is 5.15 Å². The highest BCUT2D eigenvalue weighted by molar-refractivity contribution is 8.13. The summed E-state index contributed by atoms with van der Waals surface area (Å²) in [6.45, 7) is 1.55. The lowest BCUT2D eigenvalue weighted by atomic mass is 10.3. The number of thioether (sulfide) groups is 1. The number of aromatic nitrogens is 3. The maximum absolute atomic E-state index is 10.7. The van der Waals surface area contributed by atoms with Crippen molar-refractivity contribution in [3.63, 3.8) is 0 Å². The Balaban J connectivity index is 2.11. The van der Waals surface area contributed by atoms with Crippen LogP contribution in [-0.2, 0) is 4.79 Å². The van der Waals surface area contributed by atoms with E-state index in [0.29, 0.717) is 22.8 Å². The molecule has 0 aliphatic carbocycles. The zero-order chi connectivity index (χ0) is 13.0. The van der Waals surface area contributed by atoms with Crippen LogP contribution in [0, 0.1) is 11.8 Å². The van der Waals surface area contributed by atoms with Crippen LogP contribution >= 0.6 is 23.4 Å². The summed E-state index contributed by atoms with van der Waals surface area (Å²) in [6, 6.07) is 0. The van der Waals surface area contributed by atoms with Crippen LogP contribution in [0.1, 0.15) is 18.9 Å². The van der Waals surface area contributed by atoms with E-state index in [9.17, 15) is 4.79 Å². The fraction of sp³-hybridized carbons (Fsp3) is 0.250. The maximum Gasteiger partial charge on any atom is 0.185 e. The second kappa shape index (κ2) is 5.89. The van der Waals surface area contributed by atoms with Gasteiger partial charge in [0.2, 0.25) is 0 Å². The number of H-pyrrole nitrogens is 1. The second-order valence-electron chi connectivity index (χ2n) is 3.48. The van der Waals surface area contributed by atoms with E-state index < -0.39 is 0 Å². The van der Waals surface area contributed by atoms with Gasteiger partial charge in [-0.3, -0.25) is 4.79 Å². The molecule has 1 N–H and O–H groups in total. The molecular weight excluding hydrogens is 270 g/mol. The molecule has 0 bridgehead atoms. The van der Waals surface area contributed by atoms with Gasteiger partial charge in [0.05, 0.1) is 5.56 Å². The average Bonchev–Trinajstić information content (AvgIpc) is 2.73. The van der Waals surface area contributed by atoms with Crippen molar-refractivity contribution in [2.45, 2.75) is 13.3 Å². The van der Waals surface area contributed by atoms with E-state index in [-0.39, 0.29) is 5.12 Å². The van der Waals surface area contributed by atoms with Crippen molar-refractivity contribution in [1.82, 2.24) is 15.0 Å². The van der Waals surface area contributed by atoms with Gasteiger partial charge in [-0.05, 0) is 0 Å². The molecule has 2 rings (SSSR count). The van der Waals surface area contributed by atoms with E-state index in [2.05, 4.69) is 26.8 Å². The van der Waals surface area contributed by atoms with Crippen molar-refractivity contribution in [1.29, 1.82) is 0 Å². The van der Waals surface area contributed by atoms with E-state index in [1.807, 2.05) is 0 Å². The fourth-order valence-electron chi connectivity index (χ4n) is 1.41. The Bertz CT molecular complexity index is 642. The summed E-state index contributed by atoms with van der Waals surface area (Å²) in [4.78, 5) is 21.7. The van der Waals surface area contributed by atoms with Gasteiger partial charge in [-0.25, -0.2) is 9.97 Å². The van der Waals surface area contributed by atoms with Crippen molar-refractivity contribution in [3.8, 4) is 11.8 Å². The number of carbonyl (C=O) groups is 1. The molecule has 4 nitrogen and oxygen atoms in total. The summed E-state index contributed by atoms with van der Waals surface area (Å²) >= 11 is 7.20. The molecule has 2 heterocycles. The van der Waals surface area contributed by atoms with Gasteiger partial charge in [-0.15, -0.1) is 0 Å². The summed E-state index contributed by atoms with van der Waals surface area (Å²) in [5.41, 5.74) is 2.21. The summed E-state index contributed by atoms with van der Waals surface area (Å²) in [5, 5.41) is 0.503. The first-order valence-corrected chi connectivity index (χ1v) is 6.64. The van der Waals surface area contributed by atoms with Crippen molar-refractivity contribution < 1.29 is 4.79 Å². The van der Waals surface area contributed by atoms with Gasteiger partial charge < -0.3 is 4.98 Å². The third-order valence-corrected chi connectivity index (χ3v) is 3.27. The molecule has 0 unspecified atom stereocenters. The number of fused-ring (bicyclic) bond motifs is 1. The number of aromatic amines is 1. The van der Waals surface area contributed by atoms with Gasteiger partial charge >= 0.3 is 0 Å². The molecule has 2 aromatic heterocycles. The molecule has 18 heavy (non-hydrogen) atoms. The predicted molar refractivity (Wildman–Crippen MR) is 73.5 cm³/mol. The smallest absolute Gasteiger partial charge is 0.185 e. The van der Waals surface area contributed by atoms with Crippen LogP contribution in [0.3, 0.4) is 0 Å². The van der Waals surface area contributed by atoms with E-state index in [0.717, 1.165) is 11.1 Å². The molecule has 0 spiro atoms. The number of rotatable bonds is 2. The van der Waals surface area contributed by atoms with E-state index in [1.54, 1.807) is 13.1 Å². The van der Waals surface area contributed by atoms with Crippen molar-refractivity contribution in [2.75, 3.05) is 5.75 Å². The molecule has 0 aliphatic heterocycles. The number of carbonyl (C=O) groups excluding carboxylic acids is 1. The van der Waals surface area contributed by atoms with Crippen LogP contribution in [0.4, 0.5) is 0 Å². The Morgan fingerprint density at radius 3 is 3.17 bits per heavy atom. The first-order chi connectivity index (χ1) is 8.68. The highest BCUT2D eigenvalue weighted by Gasteiger charge is 2.06. The van der Waals surface area contributed by atoms with Crippen LogP contribution in [0.5, 0.6) is 0 Å². The number of nitrogens with zero attached hydrogens (tertiary/aromatic N) is 2.